The zero-order valence-electron chi connectivity index (χ0n) is 19.2. The van der Waals surface area contributed by atoms with E-state index < -0.39 is 6.10 Å². The molecule has 37 heavy (non-hydrogen) atoms. The number of ether oxygens (including phenoxy) is 3. The number of aliphatic hydroxyl groups excluding tert-OH is 1. The van der Waals surface area contributed by atoms with Crippen LogP contribution in [0.25, 0.3) is 39.4 Å². The summed E-state index contributed by atoms with van der Waals surface area (Å²) in [4.78, 5) is 16.8. The van der Waals surface area contributed by atoms with E-state index in [1.165, 1.54) is 0 Å². The molecule has 1 aromatic carbocycles. The van der Waals surface area contributed by atoms with E-state index in [0.717, 1.165) is 22.5 Å². The van der Waals surface area contributed by atoms with Gasteiger partial charge >= 0.3 is 0 Å². The van der Waals surface area contributed by atoms with Crippen LogP contribution < -0.4 is 4.74 Å². The zero-order valence-corrected chi connectivity index (χ0v) is 20.0. The fourth-order valence-electron chi connectivity index (χ4n) is 4.68. The molecular formula is C25H20ClN7O4. The summed E-state index contributed by atoms with van der Waals surface area (Å²) in [6.07, 6.45) is 3.42. The number of aromatic nitrogens is 7. The molecule has 2 N–H and O–H groups in total. The first-order valence-electron chi connectivity index (χ1n) is 11.7. The maximum atomic E-state index is 9.93. The number of aromatic amines is 1. The monoisotopic (exact) mass is 517 g/mol. The van der Waals surface area contributed by atoms with Gasteiger partial charge in [0, 0.05) is 11.1 Å². The summed E-state index contributed by atoms with van der Waals surface area (Å²) in [7, 11) is 0. The Labute approximate surface area is 215 Å². The van der Waals surface area contributed by atoms with Gasteiger partial charge in [0.05, 0.1) is 59.4 Å². The maximum Gasteiger partial charge on any atom is 0.296 e. The number of hydrogen-bond acceptors (Lipinski definition) is 9. The van der Waals surface area contributed by atoms with Crippen LogP contribution in [0, 0.1) is 0 Å². The summed E-state index contributed by atoms with van der Waals surface area (Å²) in [6.45, 7) is 0.548. The van der Waals surface area contributed by atoms with Crippen molar-refractivity contribution in [3.05, 3.63) is 66.1 Å². The Morgan fingerprint density at radius 3 is 2.65 bits per heavy atom. The van der Waals surface area contributed by atoms with Crippen molar-refractivity contribution in [2.45, 2.75) is 24.4 Å². The molecule has 11 nitrogen and oxygen atoms in total. The van der Waals surface area contributed by atoms with Gasteiger partial charge in [-0.1, -0.05) is 41.1 Å². The van der Waals surface area contributed by atoms with Crippen molar-refractivity contribution in [2.75, 3.05) is 13.2 Å². The number of benzene rings is 1. The van der Waals surface area contributed by atoms with E-state index in [4.69, 9.17) is 25.8 Å². The number of halogens is 1. The number of imidazole rings is 1. The highest BCUT2D eigenvalue weighted by atomic mass is 35.5. The summed E-state index contributed by atoms with van der Waals surface area (Å²) in [5, 5.41) is 18.2. The van der Waals surface area contributed by atoms with E-state index in [0.29, 0.717) is 34.5 Å². The first-order valence-corrected chi connectivity index (χ1v) is 12.1. The lowest BCUT2D eigenvalue weighted by Gasteiger charge is -2.15. The van der Waals surface area contributed by atoms with Crippen LogP contribution in [0.15, 0.2) is 61.1 Å². The summed E-state index contributed by atoms with van der Waals surface area (Å²) in [6, 6.07) is 13.8. The number of fused-ring (bicyclic) bond motifs is 2. The van der Waals surface area contributed by atoms with Crippen molar-refractivity contribution in [3.63, 3.8) is 0 Å². The molecule has 2 aliphatic heterocycles. The standard InChI is InChI=1S/C25H20ClN7O4/c26-16-9-18-24(31-25(29-18)37-20-12-36-22-19(34)11-35-23(20)22)30-21(16)14-3-1-13(2-4-14)17-6-5-15(10-27-17)33-8-7-28-32-33/h1-10,19-20,22-23,34H,11-12H2,(H,29,30,31)/t19-,20-,22?,23?/m1/s1. The number of pyridine rings is 2. The third-order valence-electron chi connectivity index (χ3n) is 6.54. The third kappa shape index (κ3) is 4.02. The van der Waals surface area contributed by atoms with Crippen molar-refractivity contribution in [2.24, 2.45) is 0 Å². The number of aliphatic hydroxyl groups is 1. The van der Waals surface area contributed by atoms with Gasteiger partial charge < -0.3 is 24.3 Å². The van der Waals surface area contributed by atoms with Crippen molar-refractivity contribution < 1.29 is 19.3 Å². The third-order valence-corrected chi connectivity index (χ3v) is 6.83. The Balaban J connectivity index is 1.11. The Morgan fingerprint density at radius 2 is 1.86 bits per heavy atom. The maximum absolute atomic E-state index is 9.93. The van der Waals surface area contributed by atoms with Crippen molar-refractivity contribution >= 4 is 22.8 Å². The van der Waals surface area contributed by atoms with E-state index in [1.807, 2.05) is 36.4 Å². The van der Waals surface area contributed by atoms with Gasteiger partial charge in [0.15, 0.2) is 11.8 Å². The van der Waals surface area contributed by atoms with Gasteiger partial charge in [-0.2, -0.15) is 4.98 Å². The average molecular weight is 518 g/mol. The highest BCUT2D eigenvalue weighted by Crippen LogP contribution is 2.33. The first kappa shape index (κ1) is 22.3. The number of nitrogens with zero attached hydrogens (tertiary/aromatic N) is 6. The molecule has 2 saturated heterocycles. The van der Waals surface area contributed by atoms with Gasteiger partial charge in [-0.15, -0.1) is 5.10 Å². The Morgan fingerprint density at radius 1 is 1.03 bits per heavy atom. The molecule has 2 fully saturated rings. The number of H-pyrrole nitrogens is 1. The van der Waals surface area contributed by atoms with Crippen molar-refractivity contribution in [1.82, 2.24) is 34.9 Å². The van der Waals surface area contributed by atoms with Gasteiger partial charge in [-0.3, -0.25) is 4.98 Å². The molecular weight excluding hydrogens is 498 g/mol. The molecule has 5 aromatic rings. The molecule has 186 valence electrons. The topological polar surface area (TPSA) is 133 Å². The van der Waals surface area contributed by atoms with Crippen molar-refractivity contribution in [3.8, 4) is 34.2 Å². The fourth-order valence-corrected chi connectivity index (χ4v) is 4.94. The van der Waals surface area contributed by atoms with Crippen LogP contribution >= 0.6 is 11.6 Å². The summed E-state index contributed by atoms with van der Waals surface area (Å²) in [5.74, 6) is 0. The molecule has 0 radical (unpaired) electrons. The van der Waals surface area contributed by atoms with Gasteiger partial charge in [-0.25, -0.2) is 9.67 Å². The molecule has 0 bridgehead atoms. The molecule has 4 atom stereocenters. The number of nitrogens with one attached hydrogen (secondary N) is 1. The SMILES string of the molecule is O[C@@H]1COC2C1OC[C@H]2Oc1nc2nc(-c3ccc(-c4ccc(-n5ccnn5)cn4)cc3)c(Cl)cc2[nH]1. The van der Waals surface area contributed by atoms with E-state index in [-0.39, 0.29) is 24.9 Å². The molecule has 0 saturated carbocycles. The minimum atomic E-state index is -0.640. The smallest absolute Gasteiger partial charge is 0.296 e. The second-order valence-electron chi connectivity index (χ2n) is 8.88. The van der Waals surface area contributed by atoms with Crippen LogP contribution in [0.5, 0.6) is 6.01 Å². The van der Waals surface area contributed by atoms with Crippen LogP contribution in [-0.4, -0.2) is 77.7 Å². The van der Waals surface area contributed by atoms with Crippen molar-refractivity contribution in [1.29, 1.82) is 0 Å². The highest BCUT2D eigenvalue weighted by Gasteiger charge is 2.48. The lowest BCUT2D eigenvalue weighted by molar-refractivity contribution is 0.00706. The minimum absolute atomic E-state index is 0.235. The number of rotatable bonds is 5. The average Bonchev–Trinajstić information content (AvgIpc) is 3.71. The second-order valence-corrected chi connectivity index (χ2v) is 9.29. The summed E-state index contributed by atoms with van der Waals surface area (Å²) < 4.78 is 18.9. The van der Waals surface area contributed by atoms with Gasteiger partial charge in [0.25, 0.3) is 6.01 Å². The molecule has 2 unspecified atom stereocenters. The molecule has 0 aliphatic carbocycles. The van der Waals surface area contributed by atoms with Crippen LogP contribution in [-0.2, 0) is 9.47 Å². The molecule has 6 heterocycles. The number of hydrogen-bond donors (Lipinski definition) is 2. The predicted octanol–water partition coefficient (Wildman–Crippen LogP) is 2.83. The molecule has 0 spiro atoms. The lowest BCUT2D eigenvalue weighted by Crippen LogP contribution is -2.34. The van der Waals surface area contributed by atoms with Crippen LogP contribution in [0.2, 0.25) is 5.02 Å². The Bertz CT molecular complexity index is 1560. The van der Waals surface area contributed by atoms with Crippen LogP contribution in [0.1, 0.15) is 0 Å². The predicted molar refractivity (Wildman–Crippen MR) is 132 cm³/mol. The fraction of sp³-hybridized carbons (Fsp3) is 0.240. The normalized spacial score (nSPS) is 23.0. The Kier molecular flexibility index (Phi) is 5.36. The van der Waals surface area contributed by atoms with E-state index >= 15 is 0 Å². The highest BCUT2D eigenvalue weighted by molar-refractivity contribution is 6.33. The molecule has 12 heteroatoms. The van der Waals surface area contributed by atoms with Gasteiger partial charge in [-0.05, 0) is 18.2 Å². The molecule has 7 rings (SSSR count). The van der Waals surface area contributed by atoms with Gasteiger partial charge in [0.2, 0.25) is 0 Å². The van der Waals surface area contributed by atoms with E-state index in [2.05, 4.69) is 30.2 Å². The molecule has 2 aliphatic rings. The Hall–Kier alpha value is -3.90. The molecule has 0 amide bonds. The van der Waals surface area contributed by atoms with Crippen LogP contribution in [0.4, 0.5) is 0 Å². The molecule has 4 aromatic heterocycles. The van der Waals surface area contributed by atoms with E-state index in [1.54, 1.807) is 29.3 Å². The van der Waals surface area contributed by atoms with E-state index in [9.17, 15) is 5.11 Å². The zero-order chi connectivity index (χ0) is 24.9. The summed E-state index contributed by atoms with van der Waals surface area (Å²) >= 11 is 6.58. The first-order chi connectivity index (χ1) is 18.1. The quantitative estimate of drug-likeness (QED) is 0.361. The summed E-state index contributed by atoms with van der Waals surface area (Å²) in [5.41, 5.74) is 5.21. The van der Waals surface area contributed by atoms with Gasteiger partial charge in [0.1, 0.15) is 18.3 Å². The lowest BCUT2D eigenvalue weighted by atomic mass is 10.1. The largest absolute Gasteiger partial charge is 0.456 e. The van der Waals surface area contributed by atoms with Crippen LogP contribution in [0.3, 0.4) is 0 Å². The minimum Gasteiger partial charge on any atom is -0.456 e. The second kappa shape index (κ2) is 8.89.